The van der Waals surface area contributed by atoms with Crippen LogP contribution in [-0.4, -0.2) is 7.11 Å². The van der Waals surface area contributed by atoms with Crippen LogP contribution in [0, 0.1) is 5.82 Å². The standard InChI is InChI=1S/C14H10Br2ClFO2/c1-19-12-5-10(16)13(6-9(12)15)20-14-8(7-17)3-2-4-11(14)18/h2-6H,7H2,1H3. The lowest BCUT2D eigenvalue weighted by atomic mass is 10.2. The normalized spacial score (nSPS) is 10.4. The zero-order valence-electron chi connectivity index (χ0n) is 10.4. The van der Waals surface area contributed by atoms with Gasteiger partial charge in [-0.05, 0) is 50.1 Å². The Morgan fingerprint density at radius 3 is 2.45 bits per heavy atom. The molecule has 0 aromatic heterocycles. The molecule has 0 N–H and O–H groups in total. The van der Waals surface area contributed by atoms with Crippen molar-refractivity contribution in [3.8, 4) is 17.2 Å². The highest BCUT2D eigenvalue weighted by atomic mass is 79.9. The van der Waals surface area contributed by atoms with E-state index in [0.717, 1.165) is 0 Å². The molecule has 0 aliphatic rings. The molecule has 106 valence electrons. The van der Waals surface area contributed by atoms with E-state index >= 15 is 0 Å². The summed E-state index contributed by atoms with van der Waals surface area (Å²) in [4.78, 5) is 0. The van der Waals surface area contributed by atoms with E-state index in [-0.39, 0.29) is 11.6 Å². The van der Waals surface area contributed by atoms with Gasteiger partial charge in [-0.1, -0.05) is 12.1 Å². The van der Waals surface area contributed by atoms with Crippen molar-refractivity contribution in [2.45, 2.75) is 5.88 Å². The van der Waals surface area contributed by atoms with E-state index in [9.17, 15) is 4.39 Å². The Hall–Kier alpha value is -0.780. The molecule has 20 heavy (non-hydrogen) atoms. The molecular formula is C14H10Br2ClFO2. The van der Waals surface area contributed by atoms with Gasteiger partial charge in [0.15, 0.2) is 11.6 Å². The summed E-state index contributed by atoms with van der Waals surface area (Å²) < 4.78 is 26.1. The van der Waals surface area contributed by atoms with E-state index in [0.29, 0.717) is 26.0 Å². The van der Waals surface area contributed by atoms with Crippen LogP contribution >= 0.6 is 43.5 Å². The SMILES string of the molecule is COc1cc(Br)c(Oc2c(F)cccc2CCl)cc1Br. The topological polar surface area (TPSA) is 18.5 Å². The van der Waals surface area contributed by atoms with Crippen molar-refractivity contribution in [2.24, 2.45) is 0 Å². The van der Waals surface area contributed by atoms with E-state index < -0.39 is 5.82 Å². The third-order valence-electron chi connectivity index (χ3n) is 2.61. The third kappa shape index (κ3) is 3.27. The molecule has 0 fully saturated rings. The minimum absolute atomic E-state index is 0.125. The van der Waals surface area contributed by atoms with Crippen LogP contribution in [-0.2, 0) is 5.88 Å². The summed E-state index contributed by atoms with van der Waals surface area (Å²) in [5.74, 6) is 0.953. The van der Waals surface area contributed by atoms with E-state index in [2.05, 4.69) is 31.9 Å². The maximum atomic E-state index is 13.9. The third-order valence-corrected chi connectivity index (χ3v) is 4.14. The van der Waals surface area contributed by atoms with Crippen LogP contribution < -0.4 is 9.47 Å². The van der Waals surface area contributed by atoms with Crippen LogP contribution in [0.3, 0.4) is 0 Å². The predicted octanol–water partition coefficient (Wildman–Crippen LogP) is 5.89. The van der Waals surface area contributed by atoms with E-state index in [1.807, 2.05) is 0 Å². The average Bonchev–Trinajstić information content (AvgIpc) is 2.44. The van der Waals surface area contributed by atoms with Gasteiger partial charge < -0.3 is 9.47 Å². The van der Waals surface area contributed by atoms with Gasteiger partial charge in [0.25, 0.3) is 0 Å². The quantitative estimate of drug-likeness (QED) is 0.570. The number of halogens is 4. The maximum absolute atomic E-state index is 13.9. The summed E-state index contributed by atoms with van der Waals surface area (Å²) in [7, 11) is 1.57. The number of benzene rings is 2. The fraction of sp³-hybridized carbons (Fsp3) is 0.143. The average molecular weight is 424 g/mol. The molecule has 0 atom stereocenters. The molecule has 6 heteroatoms. The number of alkyl halides is 1. The van der Waals surface area contributed by atoms with E-state index in [4.69, 9.17) is 21.1 Å². The Morgan fingerprint density at radius 1 is 1.15 bits per heavy atom. The van der Waals surface area contributed by atoms with Crippen LogP contribution in [0.2, 0.25) is 0 Å². The van der Waals surface area contributed by atoms with Crippen LogP contribution in [0.5, 0.6) is 17.2 Å². The van der Waals surface area contributed by atoms with Crippen LogP contribution in [0.25, 0.3) is 0 Å². The molecule has 2 aromatic carbocycles. The van der Waals surface area contributed by atoms with Gasteiger partial charge in [-0.15, -0.1) is 11.6 Å². The molecule has 0 saturated carbocycles. The molecule has 0 radical (unpaired) electrons. The first-order chi connectivity index (χ1) is 9.56. The van der Waals surface area contributed by atoms with E-state index in [1.54, 1.807) is 31.4 Å². The number of hydrogen-bond donors (Lipinski definition) is 0. The van der Waals surface area contributed by atoms with Gasteiger partial charge in [0.05, 0.1) is 21.9 Å². The molecule has 0 saturated heterocycles. The first kappa shape index (κ1) is 15.6. The van der Waals surface area contributed by atoms with Crippen LogP contribution in [0.15, 0.2) is 39.3 Å². The second-order valence-electron chi connectivity index (χ2n) is 3.88. The van der Waals surface area contributed by atoms with Gasteiger partial charge in [0.2, 0.25) is 0 Å². The summed E-state index contributed by atoms with van der Waals surface area (Å²) >= 11 is 12.5. The summed E-state index contributed by atoms with van der Waals surface area (Å²) in [6, 6.07) is 8.09. The summed E-state index contributed by atoms with van der Waals surface area (Å²) in [5.41, 5.74) is 0.588. The van der Waals surface area contributed by atoms with Gasteiger partial charge >= 0.3 is 0 Å². The van der Waals surface area contributed by atoms with Crippen molar-refractivity contribution in [3.05, 3.63) is 50.7 Å². The molecule has 2 aromatic rings. The van der Waals surface area contributed by atoms with Gasteiger partial charge in [-0.25, -0.2) is 4.39 Å². The summed E-state index contributed by atoms with van der Waals surface area (Å²) in [5, 5.41) is 0. The highest BCUT2D eigenvalue weighted by Crippen LogP contribution is 2.39. The molecule has 2 rings (SSSR count). The minimum atomic E-state index is -0.456. The Kier molecular flexibility index (Phi) is 5.29. The second-order valence-corrected chi connectivity index (χ2v) is 5.86. The lowest BCUT2D eigenvalue weighted by molar-refractivity contribution is 0.407. The van der Waals surface area contributed by atoms with Crippen LogP contribution in [0.4, 0.5) is 4.39 Å². The Bertz CT molecular complexity index is 635. The Morgan fingerprint density at radius 2 is 1.80 bits per heavy atom. The first-order valence-electron chi connectivity index (χ1n) is 5.61. The fourth-order valence-electron chi connectivity index (χ4n) is 1.63. The van der Waals surface area contributed by atoms with Crippen molar-refractivity contribution in [1.82, 2.24) is 0 Å². The molecule has 0 aliphatic carbocycles. The number of methoxy groups -OCH3 is 1. The molecular weight excluding hydrogens is 414 g/mol. The first-order valence-corrected chi connectivity index (χ1v) is 7.73. The molecule has 0 heterocycles. The van der Waals surface area contributed by atoms with E-state index in [1.165, 1.54) is 6.07 Å². The molecule has 0 amide bonds. The predicted molar refractivity (Wildman–Crippen MR) is 84.4 cm³/mol. The van der Waals surface area contributed by atoms with Crippen molar-refractivity contribution < 1.29 is 13.9 Å². The highest BCUT2D eigenvalue weighted by molar-refractivity contribution is 9.11. The van der Waals surface area contributed by atoms with Crippen LogP contribution in [0.1, 0.15) is 5.56 Å². The minimum Gasteiger partial charge on any atom is -0.496 e. The Labute approximate surface area is 138 Å². The van der Waals surface area contributed by atoms with Gasteiger partial charge in [0, 0.05) is 5.56 Å². The molecule has 0 unspecified atom stereocenters. The van der Waals surface area contributed by atoms with Gasteiger partial charge in [0.1, 0.15) is 11.5 Å². The second kappa shape index (κ2) is 6.78. The zero-order chi connectivity index (χ0) is 14.7. The largest absolute Gasteiger partial charge is 0.496 e. The number of rotatable bonds is 4. The fourth-order valence-corrected chi connectivity index (χ4v) is 2.73. The van der Waals surface area contributed by atoms with Crippen molar-refractivity contribution in [3.63, 3.8) is 0 Å². The number of para-hydroxylation sites is 1. The highest BCUT2D eigenvalue weighted by Gasteiger charge is 2.14. The number of hydrogen-bond acceptors (Lipinski definition) is 2. The monoisotopic (exact) mass is 422 g/mol. The summed E-state index contributed by atoms with van der Waals surface area (Å²) in [6.07, 6.45) is 0. The van der Waals surface area contributed by atoms with Crippen molar-refractivity contribution >= 4 is 43.5 Å². The van der Waals surface area contributed by atoms with Crippen molar-refractivity contribution in [1.29, 1.82) is 0 Å². The van der Waals surface area contributed by atoms with Gasteiger partial charge in [-0.2, -0.15) is 0 Å². The molecule has 0 aliphatic heterocycles. The van der Waals surface area contributed by atoms with Crippen molar-refractivity contribution in [2.75, 3.05) is 7.11 Å². The maximum Gasteiger partial charge on any atom is 0.167 e. The summed E-state index contributed by atoms with van der Waals surface area (Å²) in [6.45, 7) is 0. The lowest BCUT2D eigenvalue weighted by Crippen LogP contribution is -1.95. The lowest BCUT2D eigenvalue weighted by Gasteiger charge is -2.13. The molecule has 0 bridgehead atoms. The smallest absolute Gasteiger partial charge is 0.167 e. The number of ether oxygens (including phenoxy) is 2. The Balaban J connectivity index is 2.43. The van der Waals surface area contributed by atoms with Gasteiger partial charge in [-0.3, -0.25) is 0 Å². The zero-order valence-corrected chi connectivity index (χ0v) is 14.4. The molecule has 0 spiro atoms. The molecule has 2 nitrogen and oxygen atoms in total.